The molecule has 1 aromatic carbocycles. The third-order valence-electron chi connectivity index (χ3n) is 3.17. The normalized spacial score (nSPS) is 11.3. The smallest absolute Gasteiger partial charge is 0.191 e. The molecule has 0 bridgehead atoms. The van der Waals surface area contributed by atoms with Crippen molar-refractivity contribution in [3.05, 3.63) is 51.8 Å². The van der Waals surface area contributed by atoms with E-state index in [1.807, 2.05) is 18.2 Å². The van der Waals surface area contributed by atoms with Crippen LogP contribution in [0.1, 0.15) is 36.8 Å². The number of aromatic nitrogens is 1. The van der Waals surface area contributed by atoms with Gasteiger partial charge in [0.15, 0.2) is 11.7 Å². The Morgan fingerprint density at radius 2 is 2.00 bits per heavy atom. The Labute approximate surface area is 162 Å². The summed E-state index contributed by atoms with van der Waals surface area (Å²) in [6.45, 7) is 5.44. The molecule has 0 saturated heterocycles. The first-order chi connectivity index (χ1) is 10.6. The minimum absolute atomic E-state index is 0. The Morgan fingerprint density at radius 1 is 1.26 bits per heavy atom. The average Bonchev–Trinajstić information content (AvgIpc) is 2.97. The molecule has 23 heavy (non-hydrogen) atoms. The van der Waals surface area contributed by atoms with Crippen LogP contribution in [0, 0.1) is 0 Å². The largest absolute Gasteiger partial charge is 0.359 e. The molecule has 2 rings (SSSR count). The van der Waals surface area contributed by atoms with Gasteiger partial charge in [0, 0.05) is 24.1 Å². The molecule has 1 heterocycles. The van der Waals surface area contributed by atoms with E-state index in [0.29, 0.717) is 19.0 Å². The fourth-order valence-corrected chi connectivity index (χ4v) is 2.36. The highest BCUT2D eigenvalue weighted by Gasteiger charge is 2.08. The van der Waals surface area contributed by atoms with E-state index >= 15 is 0 Å². The molecule has 2 aromatic rings. The lowest BCUT2D eigenvalue weighted by Gasteiger charge is -2.10. The van der Waals surface area contributed by atoms with Crippen LogP contribution >= 0.6 is 39.9 Å². The predicted octanol–water partition coefficient (Wildman–Crippen LogP) is 4.04. The quantitative estimate of drug-likeness (QED) is 0.375. The number of hydrogen-bond donors (Lipinski definition) is 2. The van der Waals surface area contributed by atoms with Crippen molar-refractivity contribution in [2.24, 2.45) is 4.99 Å². The van der Waals surface area contributed by atoms with Crippen molar-refractivity contribution < 1.29 is 4.52 Å². The Hall–Kier alpha value is -1.09. The van der Waals surface area contributed by atoms with Gasteiger partial charge in [0.1, 0.15) is 0 Å². The average molecular weight is 493 g/mol. The molecule has 0 saturated carbocycles. The molecular formula is C16H22BrIN4O. The lowest BCUT2D eigenvalue weighted by Crippen LogP contribution is -2.36. The summed E-state index contributed by atoms with van der Waals surface area (Å²) >= 11 is 3.47. The van der Waals surface area contributed by atoms with Gasteiger partial charge in [-0.1, -0.05) is 47.1 Å². The van der Waals surface area contributed by atoms with Crippen LogP contribution < -0.4 is 10.6 Å². The minimum atomic E-state index is 0. The molecule has 1 aromatic heterocycles. The van der Waals surface area contributed by atoms with Crippen LogP contribution in [0.3, 0.4) is 0 Å². The molecular weight excluding hydrogens is 471 g/mol. The Balaban J connectivity index is 0.00000264. The molecule has 0 spiro atoms. The second kappa shape index (κ2) is 9.92. The van der Waals surface area contributed by atoms with E-state index < -0.39 is 0 Å². The van der Waals surface area contributed by atoms with E-state index in [2.05, 4.69) is 62.7 Å². The second-order valence-corrected chi connectivity index (χ2v) is 6.20. The van der Waals surface area contributed by atoms with Crippen molar-refractivity contribution in [2.45, 2.75) is 32.9 Å². The van der Waals surface area contributed by atoms with Crippen molar-refractivity contribution in [3.8, 4) is 0 Å². The van der Waals surface area contributed by atoms with Gasteiger partial charge in [-0.05, 0) is 23.6 Å². The van der Waals surface area contributed by atoms with E-state index in [0.717, 1.165) is 21.9 Å². The number of benzene rings is 1. The molecule has 2 N–H and O–H groups in total. The molecule has 0 atom stereocenters. The minimum Gasteiger partial charge on any atom is -0.359 e. The van der Waals surface area contributed by atoms with Crippen LogP contribution in [0.25, 0.3) is 0 Å². The number of nitrogens with one attached hydrogen (secondary N) is 2. The molecule has 5 nitrogen and oxygen atoms in total. The molecule has 7 heteroatoms. The second-order valence-electron chi connectivity index (χ2n) is 5.28. The maximum atomic E-state index is 5.30. The van der Waals surface area contributed by atoms with Crippen LogP contribution in [-0.2, 0) is 13.1 Å². The third-order valence-corrected chi connectivity index (χ3v) is 3.66. The highest BCUT2D eigenvalue weighted by Crippen LogP contribution is 2.14. The zero-order valence-electron chi connectivity index (χ0n) is 13.5. The van der Waals surface area contributed by atoms with Crippen molar-refractivity contribution >= 4 is 45.9 Å². The molecule has 0 aliphatic rings. The SMILES string of the molecule is CN=C(NCc1cccc(Br)c1)NCc1cc(C(C)C)no1.I. The van der Waals surface area contributed by atoms with E-state index in [1.165, 1.54) is 5.56 Å². The molecule has 0 aliphatic carbocycles. The highest BCUT2D eigenvalue weighted by molar-refractivity contribution is 14.0. The van der Waals surface area contributed by atoms with Gasteiger partial charge in [-0.25, -0.2) is 0 Å². The number of aliphatic imine (C=N–C) groups is 1. The number of halogens is 2. The van der Waals surface area contributed by atoms with Crippen LogP contribution in [0.2, 0.25) is 0 Å². The number of rotatable bonds is 5. The van der Waals surface area contributed by atoms with E-state index in [9.17, 15) is 0 Å². The monoisotopic (exact) mass is 492 g/mol. The van der Waals surface area contributed by atoms with Gasteiger partial charge in [0.05, 0.1) is 12.2 Å². The fraction of sp³-hybridized carbons (Fsp3) is 0.375. The van der Waals surface area contributed by atoms with Gasteiger partial charge in [0.25, 0.3) is 0 Å². The molecule has 0 radical (unpaired) electrons. The number of hydrogen-bond acceptors (Lipinski definition) is 3. The topological polar surface area (TPSA) is 62.5 Å². The molecule has 0 amide bonds. The zero-order valence-corrected chi connectivity index (χ0v) is 17.4. The molecule has 0 fully saturated rings. The van der Waals surface area contributed by atoms with Gasteiger partial charge in [-0.15, -0.1) is 24.0 Å². The first-order valence-electron chi connectivity index (χ1n) is 7.23. The van der Waals surface area contributed by atoms with Gasteiger partial charge in [-0.3, -0.25) is 4.99 Å². The van der Waals surface area contributed by atoms with Gasteiger partial charge in [-0.2, -0.15) is 0 Å². The van der Waals surface area contributed by atoms with Crippen LogP contribution in [0.4, 0.5) is 0 Å². The zero-order chi connectivity index (χ0) is 15.9. The van der Waals surface area contributed by atoms with Crippen LogP contribution in [0.15, 0.2) is 44.3 Å². The fourth-order valence-electron chi connectivity index (χ4n) is 1.91. The van der Waals surface area contributed by atoms with E-state index in [-0.39, 0.29) is 24.0 Å². The van der Waals surface area contributed by atoms with E-state index in [4.69, 9.17) is 4.52 Å². The van der Waals surface area contributed by atoms with Gasteiger partial charge < -0.3 is 15.2 Å². The maximum absolute atomic E-state index is 5.30. The number of nitrogens with zero attached hydrogens (tertiary/aromatic N) is 2. The number of guanidine groups is 1. The lowest BCUT2D eigenvalue weighted by atomic mass is 10.1. The van der Waals surface area contributed by atoms with E-state index in [1.54, 1.807) is 7.05 Å². The Bertz CT molecular complexity index is 643. The standard InChI is InChI=1S/C16H21BrN4O.HI/c1-11(2)15-8-14(22-21-15)10-20-16(18-3)19-9-12-5-4-6-13(17)7-12;/h4-8,11H,9-10H2,1-3H3,(H2,18,19,20);1H. The first-order valence-corrected chi connectivity index (χ1v) is 8.02. The molecule has 126 valence electrons. The summed E-state index contributed by atoms with van der Waals surface area (Å²) in [7, 11) is 1.75. The first kappa shape index (κ1) is 20.0. The molecule has 0 aliphatic heterocycles. The summed E-state index contributed by atoms with van der Waals surface area (Å²) in [5.74, 6) is 1.89. The third kappa shape index (κ3) is 6.50. The van der Waals surface area contributed by atoms with Crippen molar-refractivity contribution in [1.29, 1.82) is 0 Å². The van der Waals surface area contributed by atoms with Crippen molar-refractivity contribution in [2.75, 3.05) is 7.05 Å². The summed E-state index contributed by atoms with van der Waals surface area (Å²) in [6.07, 6.45) is 0. The highest BCUT2D eigenvalue weighted by atomic mass is 127. The summed E-state index contributed by atoms with van der Waals surface area (Å²) in [5, 5.41) is 10.5. The summed E-state index contributed by atoms with van der Waals surface area (Å²) < 4.78 is 6.37. The lowest BCUT2D eigenvalue weighted by molar-refractivity contribution is 0.372. The van der Waals surface area contributed by atoms with Crippen LogP contribution in [0.5, 0.6) is 0 Å². The van der Waals surface area contributed by atoms with Gasteiger partial charge in [0.2, 0.25) is 0 Å². The van der Waals surface area contributed by atoms with Gasteiger partial charge >= 0.3 is 0 Å². The van der Waals surface area contributed by atoms with Crippen molar-refractivity contribution in [3.63, 3.8) is 0 Å². The van der Waals surface area contributed by atoms with Crippen molar-refractivity contribution in [1.82, 2.24) is 15.8 Å². The summed E-state index contributed by atoms with van der Waals surface area (Å²) in [4.78, 5) is 4.20. The predicted molar refractivity (Wildman–Crippen MR) is 107 cm³/mol. The Morgan fingerprint density at radius 3 is 2.61 bits per heavy atom. The summed E-state index contributed by atoms with van der Waals surface area (Å²) in [5.41, 5.74) is 2.15. The Kier molecular flexibility index (Phi) is 8.60. The molecule has 0 unspecified atom stereocenters. The van der Waals surface area contributed by atoms with Crippen LogP contribution in [-0.4, -0.2) is 18.2 Å². The summed E-state index contributed by atoms with van der Waals surface area (Å²) in [6, 6.07) is 10.1. The maximum Gasteiger partial charge on any atom is 0.191 e.